The second-order valence-corrected chi connectivity index (χ2v) is 2.93. The fourth-order valence-corrected chi connectivity index (χ4v) is 1.12. The highest BCUT2D eigenvalue weighted by molar-refractivity contribution is 8.13. The molecule has 12 heavy (non-hydrogen) atoms. The van der Waals surface area contributed by atoms with Crippen LogP contribution in [0.4, 0.5) is 5.82 Å². The van der Waals surface area contributed by atoms with Crippen LogP contribution in [-0.2, 0) is 0 Å². The molecule has 0 bridgehead atoms. The first-order chi connectivity index (χ1) is 5.18. The van der Waals surface area contributed by atoms with E-state index < -0.39 is 0 Å². The van der Waals surface area contributed by atoms with Crippen molar-refractivity contribution in [2.45, 2.75) is 5.03 Å². The molecule has 0 amide bonds. The van der Waals surface area contributed by atoms with E-state index in [1.165, 1.54) is 0 Å². The van der Waals surface area contributed by atoms with Gasteiger partial charge in [-0.05, 0) is 23.9 Å². The molecule has 1 rings (SSSR count). The van der Waals surface area contributed by atoms with Gasteiger partial charge in [-0.3, -0.25) is 5.41 Å². The van der Waals surface area contributed by atoms with E-state index in [2.05, 4.69) is 4.98 Å². The Morgan fingerprint density at radius 1 is 1.50 bits per heavy atom. The van der Waals surface area contributed by atoms with Crippen molar-refractivity contribution in [1.82, 2.24) is 4.98 Å². The largest absolute Gasteiger partial charge is 0.384 e. The van der Waals surface area contributed by atoms with Crippen LogP contribution in [0.25, 0.3) is 0 Å². The Hall–Kier alpha value is -0.940. The van der Waals surface area contributed by atoms with Gasteiger partial charge in [0.2, 0.25) is 0 Å². The Kier molecular flexibility index (Phi) is 4.46. The van der Waals surface area contributed by atoms with Crippen molar-refractivity contribution in [2.24, 2.45) is 5.73 Å². The number of aromatic nitrogens is 1. The summed E-state index contributed by atoms with van der Waals surface area (Å²) in [6.45, 7) is 0. The van der Waals surface area contributed by atoms with Crippen molar-refractivity contribution in [1.29, 1.82) is 5.41 Å². The van der Waals surface area contributed by atoms with Crippen LogP contribution in [0.2, 0.25) is 0 Å². The van der Waals surface area contributed by atoms with Gasteiger partial charge in [0.05, 0.1) is 0 Å². The summed E-state index contributed by atoms with van der Waals surface area (Å²) in [5, 5.41) is 7.63. The third-order valence-corrected chi connectivity index (χ3v) is 1.62. The summed E-state index contributed by atoms with van der Waals surface area (Å²) in [4.78, 5) is 3.93. The molecular formula is C6H9ClN4S. The van der Waals surface area contributed by atoms with Crippen LogP contribution in [0.15, 0.2) is 23.2 Å². The average molecular weight is 205 g/mol. The molecule has 0 atom stereocenters. The topological polar surface area (TPSA) is 88.8 Å². The summed E-state index contributed by atoms with van der Waals surface area (Å²) in [7, 11) is 0. The Bertz CT molecular complexity index is 278. The van der Waals surface area contributed by atoms with E-state index in [1.54, 1.807) is 18.2 Å². The fourth-order valence-electron chi connectivity index (χ4n) is 0.600. The molecule has 0 aromatic carbocycles. The van der Waals surface area contributed by atoms with Gasteiger partial charge in [0.25, 0.3) is 0 Å². The molecule has 66 valence electrons. The van der Waals surface area contributed by atoms with Gasteiger partial charge in [-0.15, -0.1) is 12.4 Å². The van der Waals surface area contributed by atoms with E-state index in [4.69, 9.17) is 16.9 Å². The Morgan fingerprint density at radius 3 is 2.67 bits per heavy atom. The number of nitrogens with two attached hydrogens (primary N) is 2. The monoisotopic (exact) mass is 204 g/mol. The van der Waals surface area contributed by atoms with E-state index in [-0.39, 0.29) is 17.6 Å². The molecule has 1 heterocycles. The van der Waals surface area contributed by atoms with E-state index in [0.717, 1.165) is 11.8 Å². The number of nitrogen functional groups attached to an aromatic ring is 1. The van der Waals surface area contributed by atoms with Gasteiger partial charge in [-0.2, -0.15) is 0 Å². The lowest BCUT2D eigenvalue weighted by molar-refractivity contribution is 1.15. The highest BCUT2D eigenvalue weighted by Crippen LogP contribution is 2.14. The van der Waals surface area contributed by atoms with Gasteiger partial charge in [-0.1, -0.05) is 6.07 Å². The predicted octanol–water partition coefficient (Wildman–Crippen LogP) is 1.07. The van der Waals surface area contributed by atoms with Crippen LogP contribution < -0.4 is 11.5 Å². The van der Waals surface area contributed by atoms with Gasteiger partial charge in [0, 0.05) is 0 Å². The van der Waals surface area contributed by atoms with Gasteiger partial charge < -0.3 is 11.5 Å². The quantitative estimate of drug-likeness (QED) is 0.363. The number of thioether (sulfide) groups is 1. The lowest BCUT2D eigenvalue weighted by Gasteiger charge is -1.97. The number of rotatable bonds is 1. The molecule has 0 aliphatic heterocycles. The highest BCUT2D eigenvalue weighted by atomic mass is 35.5. The number of nitrogens with zero attached hydrogens (tertiary/aromatic N) is 1. The molecule has 0 saturated heterocycles. The Morgan fingerprint density at radius 2 is 2.17 bits per heavy atom. The Labute approximate surface area is 80.7 Å². The average Bonchev–Trinajstić information content (AvgIpc) is 1.85. The van der Waals surface area contributed by atoms with Crippen LogP contribution in [0.1, 0.15) is 0 Å². The third kappa shape index (κ3) is 3.45. The van der Waals surface area contributed by atoms with Gasteiger partial charge >= 0.3 is 0 Å². The Balaban J connectivity index is 0.00000121. The normalized spacial score (nSPS) is 8.67. The molecule has 0 unspecified atom stereocenters. The SMILES string of the molecule is Cl.N=C(N)Sc1cccc(N)n1. The molecule has 0 fully saturated rings. The maximum Gasteiger partial charge on any atom is 0.157 e. The highest BCUT2D eigenvalue weighted by Gasteiger charge is 1.96. The second kappa shape index (κ2) is 4.84. The first kappa shape index (κ1) is 11.1. The number of amidine groups is 1. The lowest BCUT2D eigenvalue weighted by Crippen LogP contribution is -2.03. The smallest absolute Gasteiger partial charge is 0.157 e. The first-order valence-electron chi connectivity index (χ1n) is 2.93. The van der Waals surface area contributed by atoms with E-state index in [9.17, 15) is 0 Å². The molecule has 1 aromatic rings. The molecular weight excluding hydrogens is 196 g/mol. The summed E-state index contributed by atoms with van der Waals surface area (Å²) in [6.07, 6.45) is 0. The molecule has 1 aromatic heterocycles. The van der Waals surface area contributed by atoms with Crippen LogP contribution in [-0.4, -0.2) is 10.2 Å². The van der Waals surface area contributed by atoms with E-state index in [1.807, 2.05) is 0 Å². The van der Waals surface area contributed by atoms with Crippen molar-refractivity contribution < 1.29 is 0 Å². The van der Waals surface area contributed by atoms with Crippen LogP contribution in [0.3, 0.4) is 0 Å². The summed E-state index contributed by atoms with van der Waals surface area (Å²) in [6, 6.07) is 5.21. The lowest BCUT2D eigenvalue weighted by atomic mass is 10.5. The zero-order valence-corrected chi connectivity index (χ0v) is 7.78. The third-order valence-electron chi connectivity index (χ3n) is 0.960. The second-order valence-electron chi connectivity index (χ2n) is 1.87. The van der Waals surface area contributed by atoms with Crippen molar-refractivity contribution in [3.8, 4) is 0 Å². The zero-order valence-electron chi connectivity index (χ0n) is 6.15. The van der Waals surface area contributed by atoms with Crippen molar-refractivity contribution in [3.05, 3.63) is 18.2 Å². The molecule has 6 heteroatoms. The molecule has 0 saturated carbocycles. The maximum atomic E-state index is 6.96. The summed E-state index contributed by atoms with van der Waals surface area (Å²) in [5.41, 5.74) is 10.5. The zero-order chi connectivity index (χ0) is 8.27. The summed E-state index contributed by atoms with van der Waals surface area (Å²) < 4.78 is 0. The van der Waals surface area contributed by atoms with Gasteiger partial charge in [0.1, 0.15) is 10.8 Å². The number of hydrogen-bond donors (Lipinski definition) is 3. The minimum atomic E-state index is 0. The number of nitrogens with one attached hydrogen (secondary N) is 1. The first-order valence-corrected chi connectivity index (χ1v) is 3.74. The molecule has 0 aliphatic carbocycles. The van der Waals surface area contributed by atoms with Crippen LogP contribution in [0.5, 0.6) is 0 Å². The van der Waals surface area contributed by atoms with E-state index >= 15 is 0 Å². The standard InChI is InChI=1S/C6H8N4S.ClH/c7-4-2-1-3-5(10-4)11-6(8)9;/h1-3H,(H2,7,10)(H3,8,9);1H. The van der Waals surface area contributed by atoms with Gasteiger partial charge in [-0.25, -0.2) is 4.98 Å². The van der Waals surface area contributed by atoms with E-state index in [0.29, 0.717) is 10.8 Å². The van der Waals surface area contributed by atoms with Crippen molar-refractivity contribution in [3.63, 3.8) is 0 Å². The number of halogens is 1. The van der Waals surface area contributed by atoms with Crippen LogP contribution in [0, 0.1) is 5.41 Å². The molecule has 0 aliphatic rings. The van der Waals surface area contributed by atoms with Crippen molar-refractivity contribution in [2.75, 3.05) is 5.73 Å². The van der Waals surface area contributed by atoms with Gasteiger partial charge in [0.15, 0.2) is 5.17 Å². The number of hydrogen-bond acceptors (Lipinski definition) is 4. The number of anilines is 1. The molecule has 5 N–H and O–H groups in total. The van der Waals surface area contributed by atoms with Crippen LogP contribution >= 0.6 is 24.2 Å². The molecule has 0 spiro atoms. The number of pyridine rings is 1. The minimum absolute atomic E-state index is 0. The summed E-state index contributed by atoms with van der Waals surface area (Å²) in [5.74, 6) is 0.441. The molecule has 0 radical (unpaired) electrons. The van der Waals surface area contributed by atoms with Crippen molar-refractivity contribution >= 4 is 35.2 Å². The minimum Gasteiger partial charge on any atom is -0.384 e. The predicted molar refractivity (Wildman–Crippen MR) is 53.7 cm³/mol. The fraction of sp³-hybridized carbons (Fsp3) is 0. The molecule has 4 nitrogen and oxygen atoms in total. The maximum absolute atomic E-state index is 6.96. The summed E-state index contributed by atoms with van der Waals surface area (Å²) >= 11 is 1.08.